The van der Waals surface area contributed by atoms with E-state index in [1.165, 1.54) is 55.6 Å². The van der Waals surface area contributed by atoms with Crippen molar-refractivity contribution in [2.75, 3.05) is 0 Å². The molecule has 0 saturated heterocycles. The molecule has 0 unspecified atom stereocenters. The Hall–Kier alpha value is -2.68. The minimum Gasteiger partial charge on any atom is -0.256 e. The number of hydrogen-bond acceptors (Lipinski definition) is 1. The van der Waals surface area contributed by atoms with Crippen LogP contribution < -0.4 is 4.57 Å². The Morgan fingerprint density at radius 3 is 2.41 bits per heavy atom. The minimum absolute atomic E-state index is 0.104. The fourth-order valence-electron chi connectivity index (χ4n) is 5.10. The Kier molecular flexibility index (Phi) is 3.04. The number of aromatic nitrogens is 3. The molecule has 3 nitrogen and oxygen atoms in total. The number of imidazole rings is 1. The summed E-state index contributed by atoms with van der Waals surface area (Å²) < 4.78 is 4.95. The van der Waals surface area contributed by atoms with Crippen molar-refractivity contribution in [3.05, 3.63) is 58.3 Å². The summed E-state index contributed by atoms with van der Waals surface area (Å²) in [5.74, 6) is 1.29. The molecule has 0 bridgehead atoms. The Bertz CT molecular complexity index is 1290. The Morgan fingerprint density at radius 2 is 1.67 bits per heavy atom. The third-order valence-electron chi connectivity index (χ3n) is 6.91. The van der Waals surface area contributed by atoms with Gasteiger partial charge in [0.05, 0.1) is 18.1 Å². The normalized spacial score (nSPS) is 14.8. The maximum absolute atomic E-state index is 4.61. The van der Waals surface area contributed by atoms with E-state index >= 15 is 0 Å². The molecule has 2 aromatic heterocycles. The van der Waals surface area contributed by atoms with Crippen LogP contribution in [0.3, 0.4) is 0 Å². The van der Waals surface area contributed by atoms with Gasteiger partial charge in [0.15, 0.2) is 11.0 Å². The largest absolute Gasteiger partial charge is 0.290 e. The van der Waals surface area contributed by atoms with Gasteiger partial charge in [-0.05, 0) is 70.9 Å². The highest BCUT2D eigenvalue weighted by Crippen LogP contribution is 2.47. The second-order valence-electron chi connectivity index (χ2n) is 8.57. The third kappa shape index (κ3) is 1.82. The quantitative estimate of drug-likeness (QED) is 0.406. The highest BCUT2D eigenvalue weighted by molar-refractivity contribution is 5.91. The molecule has 0 amide bonds. The number of benzene rings is 2. The van der Waals surface area contributed by atoms with E-state index in [9.17, 15) is 0 Å². The first-order chi connectivity index (χ1) is 12.7. The summed E-state index contributed by atoms with van der Waals surface area (Å²) in [7, 11) is 2.21. The first-order valence-electron chi connectivity index (χ1n) is 9.66. The summed E-state index contributed by atoms with van der Waals surface area (Å²) >= 11 is 0. The van der Waals surface area contributed by atoms with Crippen LogP contribution in [0.4, 0.5) is 0 Å². The van der Waals surface area contributed by atoms with Gasteiger partial charge in [-0.2, -0.15) is 0 Å². The molecule has 1 aliphatic heterocycles. The number of fused-ring (bicyclic) bond motifs is 6. The lowest BCUT2D eigenvalue weighted by Gasteiger charge is -2.20. The van der Waals surface area contributed by atoms with E-state index < -0.39 is 0 Å². The monoisotopic (exact) mass is 356 g/mol. The molecule has 2 aromatic carbocycles. The van der Waals surface area contributed by atoms with Crippen molar-refractivity contribution in [2.24, 2.45) is 7.05 Å². The fourth-order valence-corrected chi connectivity index (χ4v) is 5.10. The Labute approximate surface area is 160 Å². The number of aryl methyl sites for hydroxylation is 3. The van der Waals surface area contributed by atoms with Crippen LogP contribution >= 0.6 is 0 Å². The van der Waals surface area contributed by atoms with Crippen LogP contribution in [-0.4, -0.2) is 9.55 Å². The van der Waals surface area contributed by atoms with Crippen LogP contribution in [0.5, 0.6) is 0 Å². The summed E-state index contributed by atoms with van der Waals surface area (Å²) in [6.45, 7) is 13.7. The van der Waals surface area contributed by atoms with Crippen LogP contribution in [0.15, 0.2) is 30.5 Å². The van der Waals surface area contributed by atoms with Crippen molar-refractivity contribution in [3.8, 4) is 11.4 Å². The summed E-state index contributed by atoms with van der Waals surface area (Å²) in [4.78, 5) is 4.61. The molecule has 136 valence electrons. The van der Waals surface area contributed by atoms with Gasteiger partial charge >= 0.3 is 0 Å². The molecule has 4 aromatic rings. The molecule has 0 fully saturated rings. The van der Waals surface area contributed by atoms with Crippen molar-refractivity contribution >= 4 is 21.9 Å². The number of hydrogen-bond donors (Lipinski definition) is 0. The minimum atomic E-state index is -0.104. The van der Waals surface area contributed by atoms with E-state index in [0.717, 1.165) is 5.52 Å². The molecule has 27 heavy (non-hydrogen) atoms. The van der Waals surface area contributed by atoms with Crippen molar-refractivity contribution in [2.45, 2.75) is 47.1 Å². The average Bonchev–Trinajstić information content (AvgIpc) is 3.08. The lowest BCUT2D eigenvalue weighted by molar-refractivity contribution is -0.634. The molecule has 0 N–H and O–H groups in total. The second kappa shape index (κ2) is 4.98. The van der Waals surface area contributed by atoms with E-state index in [1.807, 2.05) is 12.3 Å². The average molecular weight is 356 g/mol. The lowest BCUT2D eigenvalue weighted by atomic mass is 9.90. The van der Waals surface area contributed by atoms with Gasteiger partial charge in [0, 0.05) is 28.3 Å². The summed E-state index contributed by atoms with van der Waals surface area (Å²) in [6, 6.07) is 8.79. The van der Waals surface area contributed by atoms with E-state index in [1.54, 1.807) is 0 Å². The molecule has 0 atom stereocenters. The molecule has 0 saturated carbocycles. The lowest BCUT2D eigenvalue weighted by Crippen LogP contribution is -2.30. The third-order valence-corrected chi connectivity index (χ3v) is 6.91. The van der Waals surface area contributed by atoms with E-state index in [0.29, 0.717) is 0 Å². The zero-order chi connectivity index (χ0) is 19.2. The van der Waals surface area contributed by atoms with Crippen LogP contribution in [0.25, 0.3) is 33.3 Å². The van der Waals surface area contributed by atoms with Crippen LogP contribution in [0.2, 0.25) is 0 Å². The zero-order valence-electron chi connectivity index (χ0n) is 17.2. The standard InChI is InChI=1S/C24H26N3/c1-13-14(2)16(4)22-21(15(13)3)26(7)23-18-12-20-17(9-8-10-25-20)11-19(18)24(5,6)27(22)23/h8-12H,1-7H3/q+1. The van der Waals surface area contributed by atoms with Gasteiger partial charge in [0.1, 0.15) is 5.54 Å². The van der Waals surface area contributed by atoms with Crippen molar-refractivity contribution < 1.29 is 4.57 Å². The SMILES string of the molecule is Cc1c(C)c(C)c2c(c1C)n1c([n+]2C)-c2cc3ncccc3cc2C1(C)C. The molecule has 0 aliphatic carbocycles. The Morgan fingerprint density at radius 1 is 0.963 bits per heavy atom. The smallest absolute Gasteiger partial charge is 0.256 e. The molecular formula is C24H26N3+. The highest BCUT2D eigenvalue weighted by Gasteiger charge is 2.47. The summed E-state index contributed by atoms with van der Waals surface area (Å²) in [5, 5.41) is 1.21. The topological polar surface area (TPSA) is 21.7 Å². The zero-order valence-corrected chi connectivity index (χ0v) is 17.2. The highest BCUT2D eigenvalue weighted by atomic mass is 15.2. The molecule has 3 heterocycles. The molecule has 3 heteroatoms. The maximum atomic E-state index is 4.61. The molecule has 0 spiro atoms. The number of pyridine rings is 1. The predicted molar refractivity (Wildman–Crippen MR) is 111 cm³/mol. The summed E-state index contributed by atoms with van der Waals surface area (Å²) in [5.41, 5.74) is 11.9. The number of rotatable bonds is 0. The predicted octanol–water partition coefficient (Wildman–Crippen LogP) is 5.01. The van der Waals surface area contributed by atoms with E-state index in [2.05, 4.69) is 80.9 Å². The van der Waals surface area contributed by atoms with Gasteiger partial charge in [-0.1, -0.05) is 6.07 Å². The van der Waals surface area contributed by atoms with Gasteiger partial charge < -0.3 is 0 Å². The van der Waals surface area contributed by atoms with E-state index in [-0.39, 0.29) is 5.54 Å². The Balaban J connectivity index is 2.02. The summed E-state index contributed by atoms with van der Waals surface area (Å²) in [6.07, 6.45) is 1.88. The van der Waals surface area contributed by atoms with E-state index in [4.69, 9.17) is 0 Å². The second-order valence-corrected chi connectivity index (χ2v) is 8.57. The van der Waals surface area contributed by atoms with Crippen molar-refractivity contribution in [1.82, 2.24) is 9.55 Å². The maximum Gasteiger partial charge on any atom is 0.290 e. The van der Waals surface area contributed by atoms with Gasteiger partial charge in [-0.25, -0.2) is 9.13 Å². The first kappa shape index (κ1) is 16.5. The van der Waals surface area contributed by atoms with Crippen LogP contribution in [-0.2, 0) is 12.6 Å². The van der Waals surface area contributed by atoms with Gasteiger partial charge in [-0.3, -0.25) is 4.98 Å². The molecule has 5 rings (SSSR count). The van der Waals surface area contributed by atoms with Crippen molar-refractivity contribution in [3.63, 3.8) is 0 Å². The van der Waals surface area contributed by atoms with Crippen LogP contribution in [0.1, 0.15) is 41.7 Å². The van der Waals surface area contributed by atoms with Crippen LogP contribution in [0, 0.1) is 27.7 Å². The van der Waals surface area contributed by atoms with Gasteiger partial charge in [-0.15, -0.1) is 0 Å². The first-order valence-corrected chi connectivity index (χ1v) is 9.66. The fraction of sp³-hybridized carbons (Fsp3) is 0.333. The van der Waals surface area contributed by atoms with Crippen molar-refractivity contribution in [1.29, 1.82) is 0 Å². The molecule has 0 radical (unpaired) electrons. The number of nitrogens with zero attached hydrogens (tertiary/aromatic N) is 3. The molecular weight excluding hydrogens is 330 g/mol. The molecule has 1 aliphatic rings. The van der Waals surface area contributed by atoms with Gasteiger partial charge in [0.2, 0.25) is 0 Å². The van der Waals surface area contributed by atoms with Gasteiger partial charge in [0.25, 0.3) is 5.82 Å².